The summed E-state index contributed by atoms with van der Waals surface area (Å²) in [5, 5.41) is 3.24. The fourth-order valence-electron chi connectivity index (χ4n) is 1.17. The Morgan fingerprint density at radius 2 is 2.06 bits per heavy atom. The van der Waals surface area contributed by atoms with Gasteiger partial charge < -0.3 is 10.1 Å². The average molecular weight is 294 g/mol. The Bertz CT molecular complexity index is 345. The first-order chi connectivity index (χ1) is 7.49. The largest absolute Gasteiger partial charge is 0.434 e. The van der Waals surface area contributed by atoms with Gasteiger partial charge in [-0.05, 0) is 33.6 Å². The molecule has 5 heteroatoms. The zero-order valence-electron chi connectivity index (χ0n) is 9.14. The summed E-state index contributed by atoms with van der Waals surface area (Å²) < 4.78 is 28.9. The zero-order chi connectivity index (χ0) is 12.1. The highest BCUT2D eigenvalue weighted by Gasteiger charge is 2.08. The van der Waals surface area contributed by atoms with Gasteiger partial charge in [-0.1, -0.05) is 19.9 Å². The van der Waals surface area contributed by atoms with Crippen molar-refractivity contribution in [3.05, 3.63) is 28.2 Å². The van der Waals surface area contributed by atoms with Crippen molar-refractivity contribution in [2.75, 3.05) is 0 Å². The van der Waals surface area contributed by atoms with Gasteiger partial charge in [0.25, 0.3) is 0 Å². The number of ether oxygens (including phenoxy) is 1. The van der Waals surface area contributed by atoms with Crippen LogP contribution in [0.5, 0.6) is 5.75 Å². The van der Waals surface area contributed by atoms with Gasteiger partial charge in [0.2, 0.25) is 0 Å². The second-order valence-electron chi connectivity index (χ2n) is 3.68. The van der Waals surface area contributed by atoms with Gasteiger partial charge in [-0.25, -0.2) is 0 Å². The van der Waals surface area contributed by atoms with Crippen molar-refractivity contribution in [3.8, 4) is 5.75 Å². The van der Waals surface area contributed by atoms with Crippen LogP contribution in [-0.4, -0.2) is 12.7 Å². The van der Waals surface area contributed by atoms with Crippen molar-refractivity contribution in [2.24, 2.45) is 0 Å². The molecule has 0 aliphatic rings. The molecule has 16 heavy (non-hydrogen) atoms. The molecule has 1 rings (SSSR count). The Hall–Kier alpha value is -0.680. The normalized spacial score (nSPS) is 11.2. The number of hydrogen-bond donors (Lipinski definition) is 1. The minimum absolute atomic E-state index is 0.156. The average Bonchev–Trinajstić information content (AvgIpc) is 2.18. The van der Waals surface area contributed by atoms with Crippen molar-refractivity contribution < 1.29 is 13.5 Å². The van der Waals surface area contributed by atoms with E-state index in [1.165, 1.54) is 6.07 Å². The summed E-state index contributed by atoms with van der Waals surface area (Å²) in [5.41, 5.74) is 1.02. The summed E-state index contributed by atoms with van der Waals surface area (Å²) in [6, 6.07) is 5.45. The van der Waals surface area contributed by atoms with E-state index in [0.29, 0.717) is 17.1 Å². The summed E-state index contributed by atoms with van der Waals surface area (Å²) in [5.74, 6) is 0.156. The van der Waals surface area contributed by atoms with Crippen molar-refractivity contribution in [1.29, 1.82) is 0 Å². The number of alkyl halides is 2. The zero-order valence-corrected chi connectivity index (χ0v) is 10.7. The van der Waals surface area contributed by atoms with Gasteiger partial charge in [-0.15, -0.1) is 0 Å². The second-order valence-corrected chi connectivity index (χ2v) is 4.53. The lowest BCUT2D eigenvalue weighted by molar-refractivity contribution is -0.0503. The van der Waals surface area contributed by atoms with Crippen LogP contribution in [0.2, 0.25) is 0 Å². The van der Waals surface area contributed by atoms with Crippen molar-refractivity contribution in [3.63, 3.8) is 0 Å². The minimum Gasteiger partial charge on any atom is -0.434 e. The van der Waals surface area contributed by atoms with E-state index in [2.05, 4.69) is 26.0 Å². The predicted octanol–water partition coefficient (Wildman–Crippen LogP) is 3.55. The van der Waals surface area contributed by atoms with Crippen LogP contribution in [0.15, 0.2) is 22.7 Å². The summed E-state index contributed by atoms with van der Waals surface area (Å²) in [6.07, 6.45) is 0. The molecule has 0 unspecified atom stereocenters. The van der Waals surface area contributed by atoms with Crippen molar-refractivity contribution in [1.82, 2.24) is 5.32 Å². The van der Waals surface area contributed by atoms with E-state index in [4.69, 9.17) is 0 Å². The molecular weight excluding hydrogens is 280 g/mol. The SMILES string of the molecule is CC(C)NCc1ccc(OC(F)F)c(Br)c1. The molecular formula is C11H14BrF2NO. The second kappa shape index (κ2) is 6.15. The number of benzene rings is 1. The third kappa shape index (κ3) is 4.45. The molecule has 1 N–H and O–H groups in total. The summed E-state index contributed by atoms with van der Waals surface area (Å²) in [4.78, 5) is 0. The summed E-state index contributed by atoms with van der Waals surface area (Å²) >= 11 is 3.20. The number of rotatable bonds is 5. The third-order valence-corrected chi connectivity index (χ3v) is 2.55. The van der Waals surface area contributed by atoms with Crippen molar-refractivity contribution >= 4 is 15.9 Å². The van der Waals surface area contributed by atoms with Crippen LogP contribution in [0.1, 0.15) is 19.4 Å². The van der Waals surface area contributed by atoms with Crippen LogP contribution < -0.4 is 10.1 Å². The van der Waals surface area contributed by atoms with Gasteiger partial charge in [0.15, 0.2) is 0 Å². The van der Waals surface area contributed by atoms with Crippen LogP contribution in [0.25, 0.3) is 0 Å². The monoisotopic (exact) mass is 293 g/mol. The lowest BCUT2D eigenvalue weighted by Gasteiger charge is -2.11. The maximum atomic E-state index is 12.0. The molecule has 0 amide bonds. The van der Waals surface area contributed by atoms with Gasteiger partial charge in [-0.2, -0.15) is 8.78 Å². The highest BCUT2D eigenvalue weighted by molar-refractivity contribution is 9.10. The maximum Gasteiger partial charge on any atom is 0.387 e. The van der Waals surface area contributed by atoms with Crippen molar-refractivity contribution in [2.45, 2.75) is 33.0 Å². The van der Waals surface area contributed by atoms with E-state index in [1.807, 2.05) is 13.8 Å². The molecule has 0 radical (unpaired) electrons. The molecule has 0 heterocycles. The molecule has 2 nitrogen and oxygen atoms in total. The van der Waals surface area contributed by atoms with Gasteiger partial charge in [0.1, 0.15) is 5.75 Å². The molecule has 0 aliphatic heterocycles. The topological polar surface area (TPSA) is 21.3 Å². The van der Waals surface area contributed by atoms with Gasteiger partial charge in [0, 0.05) is 12.6 Å². The fraction of sp³-hybridized carbons (Fsp3) is 0.455. The molecule has 0 saturated carbocycles. The molecule has 0 bridgehead atoms. The highest BCUT2D eigenvalue weighted by Crippen LogP contribution is 2.27. The molecule has 90 valence electrons. The molecule has 0 aliphatic carbocycles. The Morgan fingerprint density at radius 3 is 2.56 bits per heavy atom. The van der Waals surface area contributed by atoms with Gasteiger partial charge in [-0.3, -0.25) is 0 Å². The standard InChI is InChI=1S/C11H14BrF2NO/c1-7(2)15-6-8-3-4-10(9(12)5-8)16-11(13)14/h3-5,7,11,15H,6H2,1-2H3. The van der Waals surface area contributed by atoms with E-state index in [-0.39, 0.29) is 5.75 Å². The maximum absolute atomic E-state index is 12.0. The highest BCUT2D eigenvalue weighted by atomic mass is 79.9. The predicted molar refractivity (Wildman–Crippen MR) is 62.7 cm³/mol. The van der Waals surface area contributed by atoms with Crippen LogP contribution >= 0.6 is 15.9 Å². The number of nitrogens with one attached hydrogen (secondary N) is 1. The number of halogens is 3. The lowest BCUT2D eigenvalue weighted by Crippen LogP contribution is -2.21. The minimum atomic E-state index is -2.80. The summed E-state index contributed by atoms with van der Waals surface area (Å²) in [6.45, 7) is 1.99. The van der Waals surface area contributed by atoms with E-state index in [1.54, 1.807) is 12.1 Å². The Morgan fingerprint density at radius 1 is 1.38 bits per heavy atom. The Kier molecular flexibility index (Phi) is 5.15. The first-order valence-corrected chi connectivity index (χ1v) is 5.75. The lowest BCUT2D eigenvalue weighted by atomic mass is 10.2. The van der Waals surface area contributed by atoms with Crippen LogP contribution in [-0.2, 0) is 6.54 Å². The molecule has 0 atom stereocenters. The smallest absolute Gasteiger partial charge is 0.387 e. The molecule has 0 fully saturated rings. The Balaban J connectivity index is 2.67. The van der Waals surface area contributed by atoms with Crippen LogP contribution in [0.3, 0.4) is 0 Å². The molecule has 0 saturated heterocycles. The first-order valence-electron chi connectivity index (χ1n) is 4.95. The van der Waals surface area contributed by atoms with E-state index < -0.39 is 6.61 Å². The van der Waals surface area contributed by atoms with E-state index in [0.717, 1.165) is 5.56 Å². The Labute approximate surface area is 102 Å². The molecule has 1 aromatic carbocycles. The molecule has 0 spiro atoms. The summed E-state index contributed by atoms with van der Waals surface area (Å²) in [7, 11) is 0. The molecule has 1 aromatic rings. The molecule has 0 aromatic heterocycles. The first kappa shape index (κ1) is 13.4. The van der Waals surface area contributed by atoms with E-state index >= 15 is 0 Å². The van der Waals surface area contributed by atoms with E-state index in [9.17, 15) is 8.78 Å². The third-order valence-electron chi connectivity index (χ3n) is 1.93. The van der Waals surface area contributed by atoms with Gasteiger partial charge >= 0.3 is 6.61 Å². The van der Waals surface area contributed by atoms with Gasteiger partial charge in [0.05, 0.1) is 4.47 Å². The van der Waals surface area contributed by atoms with Crippen LogP contribution in [0.4, 0.5) is 8.78 Å². The quantitative estimate of drug-likeness (QED) is 0.896. The fourth-order valence-corrected chi connectivity index (χ4v) is 1.69. The van der Waals surface area contributed by atoms with Crippen LogP contribution in [0, 0.1) is 0 Å². The number of hydrogen-bond acceptors (Lipinski definition) is 2.